The van der Waals surface area contributed by atoms with Gasteiger partial charge in [-0.15, -0.1) is 0 Å². The Balaban J connectivity index is 3.47. The number of amides is 10. The van der Waals surface area contributed by atoms with Crippen molar-refractivity contribution < 1.29 is 72.9 Å². The predicted octanol–water partition coefficient (Wildman–Crippen LogP) is -7.89. The Morgan fingerprint density at radius 3 is 1.16 bits per heavy atom. The first-order chi connectivity index (χ1) is 43.3. The van der Waals surface area contributed by atoms with Crippen molar-refractivity contribution in [3.63, 3.8) is 0 Å². The third kappa shape index (κ3) is 31.3. The Labute approximate surface area is 534 Å². The van der Waals surface area contributed by atoms with Crippen LogP contribution in [0.4, 0.5) is 0 Å². The minimum Gasteiger partial charge on any atom is -0.481 e. The van der Waals surface area contributed by atoms with E-state index >= 15 is 0 Å². The first-order valence-electron chi connectivity index (χ1n) is 30.7. The summed E-state index contributed by atoms with van der Waals surface area (Å²) in [7, 11) is 0. The third-order valence-electron chi connectivity index (χ3n) is 14.6. The van der Waals surface area contributed by atoms with Crippen molar-refractivity contribution in [1.29, 1.82) is 0 Å². The molecule has 0 aromatic carbocycles. The van der Waals surface area contributed by atoms with Crippen LogP contribution < -0.4 is 99.5 Å². The number of nitrogens with two attached hydrogens (primary N) is 9. The van der Waals surface area contributed by atoms with Crippen molar-refractivity contribution >= 4 is 88.9 Å². The van der Waals surface area contributed by atoms with Gasteiger partial charge in [0.25, 0.3) is 0 Å². The van der Waals surface area contributed by atoms with E-state index in [0.29, 0.717) is 32.1 Å². The molecule has 1 rings (SSSR count). The van der Waals surface area contributed by atoms with Gasteiger partial charge >= 0.3 is 11.9 Å². The molecule has 0 unspecified atom stereocenters. The minimum absolute atomic E-state index is 0.000238. The van der Waals surface area contributed by atoms with E-state index in [-0.39, 0.29) is 115 Å². The van der Waals surface area contributed by atoms with E-state index in [0.717, 1.165) is 0 Å². The van der Waals surface area contributed by atoms with E-state index in [4.69, 9.17) is 51.6 Å². The largest absolute Gasteiger partial charge is 0.481 e. The molecule has 37 heteroatoms. The molecule has 30 N–H and O–H groups in total. The lowest BCUT2D eigenvalue weighted by Gasteiger charge is -2.29. The summed E-state index contributed by atoms with van der Waals surface area (Å²) in [4.78, 5) is 175. The lowest BCUT2D eigenvalue weighted by atomic mass is 10.0. The van der Waals surface area contributed by atoms with E-state index in [1.807, 2.05) is 0 Å². The number of aliphatic hydroxyl groups excluding tert-OH is 1. The Bertz CT molecular complexity index is 2540. The van der Waals surface area contributed by atoms with Crippen LogP contribution in [-0.2, 0) is 57.5 Å². The number of carboxylic acids is 2. The van der Waals surface area contributed by atoms with E-state index in [1.165, 1.54) is 25.7 Å². The SMILES string of the molecule is CC(C)[C@H](NC(=O)[C@H](CCCN=C(N)N)NC(=O)[C@H](CCCCN)NC(=O)[C@H](CCCCN)NC(=O)[C@H](C)NC(=O)[C@H](C)NC(=O)[C@H](CCCN=C(N)N)NC(=O)[C@H](CCC(=O)O)NC(=O)[C@H](CCCN=C(N)N)NC(=O)[C@@H]1CCCN1C(=O)[C@@H](N)[C@@H](C)O)C(=O)O. The molecule has 1 aliphatic heterocycles. The molecular weight excluding hydrogens is 1210 g/mol. The van der Waals surface area contributed by atoms with Crippen LogP contribution in [0, 0.1) is 5.92 Å². The summed E-state index contributed by atoms with van der Waals surface area (Å²) in [6, 6.07) is -15.2. The topological polar surface area (TPSA) is 648 Å². The molecule has 1 heterocycles. The number of aliphatic carboxylic acids is 2. The lowest BCUT2D eigenvalue weighted by molar-refractivity contribution is -0.143. The van der Waals surface area contributed by atoms with Gasteiger partial charge in [0.15, 0.2) is 17.9 Å². The number of unbranched alkanes of at least 4 members (excludes halogenated alkanes) is 2. The van der Waals surface area contributed by atoms with Gasteiger partial charge in [-0.05, 0) is 136 Å². The summed E-state index contributed by atoms with van der Waals surface area (Å²) in [5.74, 6) is -12.8. The Kier molecular flexibility index (Phi) is 38.1. The molecule has 0 aromatic heterocycles. The maximum atomic E-state index is 14.2. The third-order valence-corrected chi connectivity index (χ3v) is 14.6. The van der Waals surface area contributed by atoms with Gasteiger partial charge in [-0.3, -0.25) is 67.7 Å². The number of likely N-dealkylation sites (tertiary alicyclic amines) is 1. The second-order valence-electron chi connectivity index (χ2n) is 22.7. The average molecular weight is 1310 g/mol. The number of nitrogens with zero attached hydrogens (tertiary/aromatic N) is 4. The number of rotatable bonds is 45. The molecule has 37 nitrogen and oxygen atoms in total. The zero-order valence-electron chi connectivity index (χ0n) is 53.3. The first kappa shape index (κ1) is 81.3. The van der Waals surface area contributed by atoms with Crippen molar-refractivity contribution in [1.82, 2.24) is 52.8 Å². The van der Waals surface area contributed by atoms with Gasteiger partial charge in [0, 0.05) is 32.6 Å². The van der Waals surface area contributed by atoms with Crippen molar-refractivity contribution in [3.05, 3.63) is 0 Å². The zero-order chi connectivity index (χ0) is 69.8. The number of nitrogens with one attached hydrogen (secondary N) is 9. The lowest BCUT2D eigenvalue weighted by Crippen LogP contribution is -2.60. The number of carboxylic acid groups (broad SMARTS) is 2. The standard InChI is InChI=1S/C55H102N22O15/c1-28(2)41(52(91)92)76-49(88)36(18-12-26-67-55(63)64)73-46(85)33(15-7-9-23-57)71-45(84)32(14-6-8-22-56)70-43(82)30(4)68-42(81)29(3)69-44(83)34(16-10-24-65-53(59)60)72-48(87)37(20-21-39(79)80)74-47(86)35(17-11-25-66-54(61)62)75-50(89)38-19-13-27-77(38)51(90)40(58)31(5)78/h28-38,40-41,78H,6-27,56-58H2,1-5H3,(H,68,81)(H,69,83)(H,70,82)(H,71,84)(H,72,87)(H,73,85)(H,74,86)(H,75,89)(H,76,88)(H,79,80)(H,91,92)(H4,59,60,65)(H4,61,62,66)(H4,63,64,67)/t29-,30-,31+,32-,33-,34-,35-,36-,37-,38-,40-,41-/m0/s1. The highest BCUT2D eigenvalue weighted by atomic mass is 16.4. The number of carbonyl (C=O) groups excluding carboxylic acids is 10. The smallest absolute Gasteiger partial charge is 0.326 e. The summed E-state index contributed by atoms with van der Waals surface area (Å²) >= 11 is 0. The molecule has 0 saturated carbocycles. The average Bonchev–Trinajstić information content (AvgIpc) is 1.86. The Hall–Kier alpha value is -8.71. The monoisotopic (exact) mass is 1310 g/mol. The summed E-state index contributed by atoms with van der Waals surface area (Å²) < 4.78 is 0. The number of hydrogen-bond acceptors (Lipinski definition) is 19. The zero-order valence-corrected chi connectivity index (χ0v) is 53.3. The van der Waals surface area contributed by atoms with Gasteiger partial charge in [-0.2, -0.15) is 0 Å². The van der Waals surface area contributed by atoms with E-state index in [2.05, 4.69) is 62.8 Å². The highest BCUT2D eigenvalue weighted by molar-refractivity contribution is 5.99. The molecule has 92 heavy (non-hydrogen) atoms. The molecule has 522 valence electrons. The second kappa shape index (κ2) is 43.1. The van der Waals surface area contributed by atoms with E-state index in [1.54, 1.807) is 13.8 Å². The molecule has 0 bridgehead atoms. The van der Waals surface area contributed by atoms with Crippen LogP contribution in [0.2, 0.25) is 0 Å². The minimum atomic E-state index is -1.67. The van der Waals surface area contributed by atoms with Crippen molar-refractivity contribution in [2.75, 3.05) is 39.3 Å². The molecule has 1 fully saturated rings. The number of aliphatic imine (C=N–C) groups is 3. The highest BCUT2D eigenvalue weighted by Crippen LogP contribution is 2.20. The molecule has 0 aliphatic carbocycles. The quantitative estimate of drug-likeness (QED) is 0.0153. The summed E-state index contributed by atoms with van der Waals surface area (Å²) in [6.07, 6.45) is -0.473. The molecule has 0 radical (unpaired) electrons. The van der Waals surface area contributed by atoms with Crippen molar-refractivity contribution in [2.24, 2.45) is 72.5 Å². The first-order valence-corrected chi connectivity index (χ1v) is 30.7. The van der Waals surface area contributed by atoms with Gasteiger partial charge in [0.05, 0.1) is 6.10 Å². The molecule has 12 atom stereocenters. The van der Waals surface area contributed by atoms with Crippen molar-refractivity contribution in [2.45, 2.75) is 210 Å². The van der Waals surface area contributed by atoms with Crippen LogP contribution >= 0.6 is 0 Å². The summed E-state index contributed by atoms with van der Waals surface area (Å²) in [5.41, 5.74) is 50.2. The van der Waals surface area contributed by atoms with Gasteiger partial charge < -0.3 is 120 Å². The maximum absolute atomic E-state index is 14.2. The fourth-order valence-corrected chi connectivity index (χ4v) is 9.28. The fourth-order valence-electron chi connectivity index (χ4n) is 9.28. The van der Waals surface area contributed by atoms with E-state index in [9.17, 15) is 72.9 Å². The number of hydrogen-bond donors (Lipinski definition) is 21. The Morgan fingerprint density at radius 1 is 0.467 bits per heavy atom. The molecule has 10 amide bonds. The molecular formula is C55H102N22O15. The van der Waals surface area contributed by atoms with Crippen LogP contribution in [0.15, 0.2) is 15.0 Å². The fraction of sp³-hybridized carbons (Fsp3) is 0.727. The number of aliphatic hydroxyl groups is 1. The van der Waals surface area contributed by atoms with Crippen LogP contribution in [0.25, 0.3) is 0 Å². The molecule has 0 spiro atoms. The highest BCUT2D eigenvalue weighted by Gasteiger charge is 2.40. The summed E-state index contributed by atoms with van der Waals surface area (Å²) in [6.45, 7) is 7.59. The van der Waals surface area contributed by atoms with Crippen LogP contribution in [0.3, 0.4) is 0 Å². The normalized spacial score (nSPS) is 16.3. The number of carbonyl (C=O) groups is 12. The summed E-state index contributed by atoms with van der Waals surface area (Å²) in [5, 5.41) is 52.2. The van der Waals surface area contributed by atoms with Gasteiger partial charge in [0.2, 0.25) is 59.1 Å². The van der Waals surface area contributed by atoms with Crippen LogP contribution in [0.5, 0.6) is 0 Å². The Morgan fingerprint density at radius 2 is 0.804 bits per heavy atom. The second-order valence-corrected chi connectivity index (χ2v) is 22.7. The van der Waals surface area contributed by atoms with Crippen molar-refractivity contribution in [3.8, 4) is 0 Å². The van der Waals surface area contributed by atoms with Gasteiger partial charge in [-0.25, -0.2) is 4.79 Å². The van der Waals surface area contributed by atoms with Crippen LogP contribution in [0.1, 0.15) is 137 Å². The maximum Gasteiger partial charge on any atom is 0.326 e. The molecule has 1 aliphatic rings. The number of guanidine groups is 3. The molecule has 0 aromatic rings. The molecule has 1 saturated heterocycles. The predicted molar refractivity (Wildman–Crippen MR) is 338 cm³/mol. The van der Waals surface area contributed by atoms with E-state index < -0.39 is 162 Å². The van der Waals surface area contributed by atoms with Gasteiger partial charge in [-0.1, -0.05) is 13.8 Å². The van der Waals surface area contributed by atoms with Gasteiger partial charge in [0.1, 0.15) is 66.5 Å². The van der Waals surface area contributed by atoms with Crippen LogP contribution in [-0.4, -0.2) is 221 Å².